The molecule has 0 saturated heterocycles. The zero-order chi connectivity index (χ0) is 31.3. The van der Waals surface area contributed by atoms with Crippen LogP contribution in [0.4, 0.5) is 0 Å². The van der Waals surface area contributed by atoms with E-state index in [1.807, 2.05) is 6.92 Å². The molecule has 1 amide bonds. The second-order valence-corrected chi connectivity index (χ2v) is 14.1. The van der Waals surface area contributed by atoms with E-state index in [0.717, 1.165) is 18.4 Å². The number of carbonyl (C=O) groups is 5. The molecule has 3 fully saturated rings. The van der Waals surface area contributed by atoms with E-state index in [2.05, 4.69) is 12.2 Å². The van der Waals surface area contributed by atoms with Crippen LogP contribution in [0.2, 0.25) is 0 Å². The average Bonchev–Trinajstić information content (AvgIpc) is 3.19. The second kappa shape index (κ2) is 11.5. The Hall–Kier alpha value is -2.63. The summed E-state index contributed by atoms with van der Waals surface area (Å²) in [7, 11) is 0. The van der Waals surface area contributed by atoms with Gasteiger partial charge in [-0.05, 0) is 67.8 Å². The zero-order valence-corrected chi connectivity index (χ0v) is 25.0. The summed E-state index contributed by atoms with van der Waals surface area (Å²) < 4.78 is 5.15. The van der Waals surface area contributed by atoms with E-state index in [1.165, 1.54) is 13.8 Å². The Morgan fingerprint density at radius 3 is 2.48 bits per heavy atom. The van der Waals surface area contributed by atoms with E-state index in [0.29, 0.717) is 19.3 Å². The van der Waals surface area contributed by atoms with Gasteiger partial charge in [0.2, 0.25) is 11.7 Å². The Bertz CT molecular complexity index is 1180. The van der Waals surface area contributed by atoms with Crippen LogP contribution in [0.5, 0.6) is 0 Å². The van der Waals surface area contributed by atoms with E-state index >= 15 is 0 Å². The van der Waals surface area contributed by atoms with Crippen molar-refractivity contribution in [1.82, 2.24) is 5.32 Å². The lowest BCUT2D eigenvalue weighted by Crippen LogP contribution is -2.62. The van der Waals surface area contributed by atoms with Gasteiger partial charge >= 0.3 is 11.9 Å². The van der Waals surface area contributed by atoms with Crippen LogP contribution >= 0.6 is 0 Å². The van der Waals surface area contributed by atoms with Crippen molar-refractivity contribution in [2.45, 2.75) is 103 Å². The van der Waals surface area contributed by atoms with E-state index < -0.39 is 58.9 Å². The van der Waals surface area contributed by atoms with E-state index in [1.54, 1.807) is 6.08 Å². The summed E-state index contributed by atoms with van der Waals surface area (Å²) >= 11 is 0. The molecule has 3 saturated carbocycles. The fraction of sp³-hybridized carbons (Fsp3) is 0.774. The number of ether oxygens (including phenoxy) is 1. The molecule has 0 aromatic rings. The van der Waals surface area contributed by atoms with E-state index in [4.69, 9.17) is 9.84 Å². The summed E-state index contributed by atoms with van der Waals surface area (Å²) in [5, 5.41) is 44.5. The molecular weight excluding hydrogens is 546 g/mol. The maximum atomic E-state index is 13.4. The lowest BCUT2D eigenvalue weighted by molar-refractivity contribution is -0.184. The number of ketones is 2. The number of aliphatic hydroxyl groups is 3. The van der Waals surface area contributed by atoms with Crippen LogP contribution in [0, 0.1) is 34.0 Å². The van der Waals surface area contributed by atoms with Gasteiger partial charge in [-0.15, -0.1) is 0 Å². The molecule has 0 spiro atoms. The molecule has 11 heteroatoms. The van der Waals surface area contributed by atoms with Crippen molar-refractivity contribution in [3.63, 3.8) is 0 Å². The molecule has 8 atom stereocenters. The molecular formula is C31H45NO10. The highest BCUT2D eigenvalue weighted by molar-refractivity contribution is 5.92. The van der Waals surface area contributed by atoms with Gasteiger partial charge < -0.3 is 30.5 Å². The third-order valence-electron chi connectivity index (χ3n) is 11.1. The third-order valence-corrected chi connectivity index (χ3v) is 11.1. The molecule has 4 aliphatic carbocycles. The van der Waals surface area contributed by atoms with Gasteiger partial charge in [-0.25, -0.2) is 4.79 Å². The monoisotopic (exact) mass is 591 g/mol. The number of nitrogens with one attached hydrogen (secondary N) is 1. The molecule has 42 heavy (non-hydrogen) atoms. The van der Waals surface area contributed by atoms with Gasteiger partial charge in [0.15, 0.2) is 18.5 Å². The molecule has 0 aromatic carbocycles. The van der Waals surface area contributed by atoms with Gasteiger partial charge in [-0.1, -0.05) is 33.3 Å². The summed E-state index contributed by atoms with van der Waals surface area (Å²) in [4.78, 5) is 61.0. The van der Waals surface area contributed by atoms with Gasteiger partial charge in [-0.3, -0.25) is 19.2 Å². The van der Waals surface area contributed by atoms with Gasteiger partial charge in [0.1, 0.15) is 5.60 Å². The van der Waals surface area contributed by atoms with Crippen LogP contribution in [0.25, 0.3) is 0 Å². The predicted molar refractivity (Wildman–Crippen MR) is 149 cm³/mol. The minimum Gasteiger partial charge on any atom is -0.479 e. The van der Waals surface area contributed by atoms with Gasteiger partial charge in [0.25, 0.3) is 0 Å². The number of fused-ring (bicyclic) bond motifs is 5. The number of hydrogen-bond donors (Lipinski definition) is 5. The first kappa shape index (κ1) is 32.3. The molecule has 5 N–H and O–H groups in total. The SMILES string of the molecule is CC(C)(CNC(=O)CCC(=O)OCC(=O)[C@@]1(O)CC[C@H]2[C@@H]3CCC4=CC(=O)CC[C@]4(C)[C@H]3[C@@H](O)C[C@@]21C)C(O)C(=O)O. The third kappa shape index (κ3) is 5.55. The fourth-order valence-corrected chi connectivity index (χ4v) is 8.55. The molecule has 234 valence electrons. The first-order valence-electron chi connectivity index (χ1n) is 15.0. The Labute approximate surface area is 246 Å². The number of aliphatic hydroxyl groups excluding tert-OH is 2. The number of Topliss-reactive ketones (excluding diaryl/α,β-unsaturated/α-hetero) is 1. The Morgan fingerprint density at radius 1 is 1.12 bits per heavy atom. The van der Waals surface area contributed by atoms with Crippen molar-refractivity contribution in [1.29, 1.82) is 0 Å². The minimum absolute atomic E-state index is 0.000790. The van der Waals surface area contributed by atoms with Crippen molar-refractivity contribution < 1.29 is 49.1 Å². The molecule has 4 aliphatic rings. The average molecular weight is 592 g/mol. The van der Waals surface area contributed by atoms with Gasteiger partial charge in [-0.2, -0.15) is 0 Å². The number of carboxylic acid groups (broad SMARTS) is 1. The van der Waals surface area contributed by atoms with Crippen molar-refractivity contribution in [2.75, 3.05) is 13.2 Å². The number of carbonyl (C=O) groups excluding carboxylic acids is 4. The number of rotatable bonds is 10. The van der Waals surface area contributed by atoms with Crippen LogP contribution in [-0.2, 0) is 28.7 Å². The molecule has 0 aromatic heterocycles. The summed E-state index contributed by atoms with van der Waals surface area (Å²) in [5.41, 5.74) is -2.97. The van der Waals surface area contributed by atoms with E-state index in [9.17, 15) is 39.3 Å². The standard InChI is InChI=1S/C31H45NO10/c1-28(2,26(38)27(39)40)16-32-23(36)7-8-24(37)42-15-22(35)31(41)12-10-20-19-6-5-17-13-18(33)9-11-29(17,3)25(19)21(34)14-30(20,31)4/h13,19-21,25-26,34,38,41H,5-12,14-16H2,1-4H3,(H,32,36)(H,39,40)/t19-,20-,21-,25+,26?,29-,30-,31-/m0/s1. The number of hydrogen-bond acceptors (Lipinski definition) is 9. The lowest BCUT2D eigenvalue weighted by atomic mass is 9.45. The number of aliphatic carboxylic acids is 1. The highest BCUT2D eigenvalue weighted by Gasteiger charge is 2.68. The molecule has 0 heterocycles. The first-order valence-corrected chi connectivity index (χ1v) is 15.0. The van der Waals surface area contributed by atoms with Crippen LogP contribution < -0.4 is 5.32 Å². The van der Waals surface area contributed by atoms with Crippen molar-refractivity contribution in [3.05, 3.63) is 11.6 Å². The first-order chi connectivity index (χ1) is 19.5. The molecule has 0 radical (unpaired) electrons. The van der Waals surface area contributed by atoms with Crippen molar-refractivity contribution >= 4 is 29.4 Å². The van der Waals surface area contributed by atoms with Crippen LogP contribution in [0.15, 0.2) is 11.6 Å². The van der Waals surface area contributed by atoms with Crippen LogP contribution in [0.1, 0.15) is 85.5 Å². The molecule has 11 nitrogen and oxygen atoms in total. The Balaban J connectivity index is 1.33. The minimum atomic E-state index is -1.77. The zero-order valence-electron chi connectivity index (χ0n) is 25.0. The van der Waals surface area contributed by atoms with Crippen molar-refractivity contribution in [3.8, 4) is 0 Å². The number of amides is 1. The quantitative estimate of drug-likeness (QED) is 0.234. The summed E-state index contributed by atoms with van der Waals surface area (Å²) in [6.45, 7) is 6.19. The molecule has 1 unspecified atom stereocenters. The van der Waals surface area contributed by atoms with Crippen LogP contribution in [-0.4, -0.2) is 80.8 Å². The highest BCUT2D eigenvalue weighted by atomic mass is 16.5. The predicted octanol–water partition coefficient (Wildman–Crippen LogP) is 1.70. The normalized spacial score (nSPS) is 36.5. The van der Waals surface area contributed by atoms with E-state index in [-0.39, 0.29) is 61.2 Å². The fourth-order valence-electron chi connectivity index (χ4n) is 8.55. The largest absolute Gasteiger partial charge is 0.479 e. The smallest absolute Gasteiger partial charge is 0.333 e. The lowest BCUT2D eigenvalue weighted by Gasteiger charge is -2.60. The molecule has 4 rings (SSSR count). The highest BCUT2D eigenvalue weighted by Crippen LogP contribution is 2.67. The Morgan fingerprint density at radius 2 is 1.81 bits per heavy atom. The van der Waals surface area contributed by atoms with Gasteiger partial charge in [0.05, 0.1) is 12.5 Å². The molecule has 0 bridgehead atoms. The van der Waals surface area contributed by atoms with Crippen molar-refractivity contribution in [2.24, 2.45) is 34.0 Å². The summed E-state index contributed by atoms with van der Waals surface area (Å²) in [6.07, 6.45) is 2.50. The van der Waals surface area contributed by atoms with Gasteiger partial charge in [0, 0.05) is 30.2 Å². The van der Waals surface area contributed by atoms with Crippen LogP contribution in [0.3, 0.4) is 0 Å². The maximum absolute atomic E-state index is 13.4. The topological polar surface area (TPSA) is 188 Å². The summed E-state index contributed by atoms with van der Waals surface area (Å²) in [6, 6.07) is 0. The number of carboxylic acids is 1. The second-order valence-electron chi connectivity index (χ2n) is 14.1. The number of allylic oxidation sites excluding steroid dienone is 1. The number of esters is 1. The maximum Gasteiger partial charge on any atom is 0.333 e. The summed E-state index contributed by atoms with van der Waals surface area (Å²) in [5.74, 6) is -3.18. The molecule has 0 aliphatic heterocycles. The Kier molecular flexibility index (Phi) is 8.81.